The van der Waals surface area contributed by atoms with Crippen LogP contribution in [0.25, 0.3) is 0 Å². The van der Waals surface area contributed by atoms with Crippen molar-refractivity contribution in [1.82, 2.24) is 9.55 Å². The standard InChI is InChI=1S/C14H19N3O/c15-12-6-13(18)16-7-17(12)14-10-2-8-1-9(4-10)5-11(14)3-8/h6-11,14H,1-5,15H2. The van der Waals surface area contributed by atoms with Crippen LogP contribution in [0, 0.1) is 23.7 Å². The van der Waals surface area contributed by atoms with Gasteiger partial charge in [0, 0.05) is 12.1 Å². The molecular weight excluding hydrogens is 226 g/mol. The van der Waals surface area contributed by atoms with Gasteiger partial charge in [0.2, 0.25) is 0 Å². The molecule has 4 heteroatoms. The van der Waals surface area contributed by atoms with Crippen molar-refractivity contribution in [3.63, 3.8) is 0 Å². The van der Waals surface area contributed by atoms with Gasteiger partial charge in [-0.2, -0.15) is 4.98 Å². The van der Waals surface area contributed by atoms with Gasteiger partial charge in [0.1, 0.15) is 12.1 Å². The molecule has 2 N–H and O–H groups in total. The van der Waals surface area contributed by atoms with Crippen molar-refractivity contribution < 1.29 is 0 Å². The predicted octanol–water partition coefficient (Wildman–Crippen LogP) is 1.82. The summed E-state index contributed by atoms with van der Waals surface area (Å²) in [5.41, 5.74) is 5.80. The highest BCUT2D eigenvalue weighted by atomic mass is 16.1. The summed E-state index contributed by atoms with van der Waals surface area (Å²) in [5.74, 6) is 4.02. The number of nitrogens with zero attached hydrogens (tertiary/aromatic N) is 2. The first kappa shape index (κ1) is 10.6. The molecule has 4 aliphatic carbocycles. The molecule has 0 unspecified atom stereocenters. The quantitative estimate of drug-likeness (QED) is 0.821. The lowest BCUT2D eigenvalue weighted by molar-refractivity contribution is -0.0288. The third kappa shape index (κ3) is 1.44. The molecule has 96 valence electrons. The Morgan fingerprint density at radius 3 is 2.28 bits per heavy atom. The summed E-state index contributed by atoms with van der Waals surface area (Å²) in [4.78, 5) is 15.1. The van der Waals surface area contributed by atoms with E-state index < -0.39 is 0 Å². The number of anilines is 1. The van der Waals surface area contributed by atoms with Crippen molar-refractivity contribution in [3.8, 4) is 0 Å². The zero-order valence-corrected chi connectivity index (χ0v) is 10.5. The van der Waals surface area contributed by atoms with Crippen LogP contribution in [-0.4, -0.2) is 9.55 Å². The van der Waals surface area contributed by atoms with Gasteiger partial charge in [-0.25, -0.2) is 0 Å². The van der Waals surface area contributed by atoms with E-state index in [0.29, 0.717) is 11.9 Å². The van der Waals surface area contributed by atoms with Crippen LogP contribution in [0.5, 0.6) is 0 Å². The fourth-order valence-corrected chi connectivity index (χ4v) is 5.02. The first-order valence-corrected chi connectivity index (χ1v) is 7.04. The van der Waals surface area contributed by atoms with Crippen molar-refractivity contribution in [2.24, 2.45) is 23.7 Å². The average Bonchev–Trinajstić information content (AvgIpc) is 2.30. The molecule has 0 atom stereocenters. The van der Waals surface area contributed by atoms with Gasteiger partial charge in [-0.05, 0) is 55.8 Å². The van der Waals surface area contributed by atoms with E-state index in [1.54, 1.807) is 6.33 Å². The molecule has 0 aliphatic heterocycles. The second-order valence-corrected chi connectivity index (χ2v) is 6.48. The molecule has 0 radical (unpaired) electrons. The lowest BCUT2D eigenvalue weighted by atomic mass is 9.54. The van der Waals surface area contributed by atoms with Crippen LogP contribution in [0.4, 0.5) is 5.82 Å². The molecule has 0 saturated heterocycles. The summed E-state index contributed by atoms with van der Waals surface area (Å²) in [6.45, 7) is 0. The van der Waals surface area contributed by atoms with Gasteiger partial charge >= 0.3 is 0 Å². The van der Waals surface area contributed by atoms with Crippen LogP contribution in [0.3, 0.4) is 0 Å². The number of hydrogen-bond donors (Lipinski definition) is 1. The molecule has 4 bridgehead atoms. The lowest BCUT2D eigenvalue weighted by Gasteiger charge is -2.55. The minimum Gasteiger partial charge on any atom is -0.385 e. The van der Waals surface area contributed by atoms with Gasteiger partial charge in [0.05, 0.1) is 0 Å². The minimum absolute atomic E-state index is 0.229. The molecule has 4 aliphatic rings. The van der Waals surface area contributed by atoms with Crippen molar-refractivity contribution in [3.05, 3.63) is 22.7 Å². The van der Waals surface area contributed by atoms with E-state index in [1.807, 2.05) is 0 Å². The number of nitrogens with two attached hydrogens (primary N) is 1. The summed E-state index contributed by atoms with van der Waals surface area (Å²) in [7, 11) is 0. The Kier molecular flexibility index (Phi) is 2.11. The summed E-state index contributed by atoms with van der Waals surface area (Å²) in [5, 5.41) is 0. The van der Waals surface area contributed by atoms with Crippen LogP contribution >= 0.6 is 0 Å². The highest BCUT2D eigenvalue weighted by Crippen LogP contribution is 2.58. The first-order valence-electron chi connectivity index (χ1n) is 7.04. The first-order chi connectivity index (χ1) is 8.70. The van der Waals surface area contributed by atoms with Crippen LogP contribution in [0.15, 0.2) is 17.2 Å². The number of hydrogen-bond acceptors (Lipinski definition) is 3. The Bertz CT molecular complexity index is 508. The Labute approximate surface area is 106 Å². The topological polar surface area (TPSA) is 60.9 Å². The van der Waals surface area contributed by atoms with E-state index in [-0.39, 0.29) is 5.56 Å². The molecule has 4 fully saturated rings. The van der Waals surface area contributed by atoms with Gasteiger partial charge in [-0.15, -0.1) is 0 Å². The van der Waals surface area contributed by atoms with Crippen LogP contribution in [-0.2, 0) is 0 Å². The Balaban J connectivity index is 1.74. The van der Waals surface area contributed by atoms with Gasteiger partial charge < -0.3 is 10.3 Å². The van der Waals surface area contributed by atoms with Crippen molar-refractivity contribution >= 4 is 5.82 Å². The fraction of sp³-hybridized carbons (Fsp3) is 0.714. The maximum absolute atomic E-state index is 11.2. The zero-order chi connectivity index (χ0) is 12.3. The molecule has 0 amide bonds. The van der Waals surface area contributed by atoms with Crippen LogP contribution in [0.1, 0.15) is 38.1 Å². The maximum Gasteiger partial charge on any atom is 0.274 e. The molecule has 4 saturated carbocycles. The summed E-state index contributed by atoms with van der Waals surface area (Å²) in [6, 6.07) is 1.95. The predicted molar refractivity (Wildman–Crippen MR) is 69.0 cm³/mol. The third-order valence-electron chi connectivity index (χ3n) is 5.38. The van der Waals surface area contributed by atoms with Gasteiger partial charge in [-0.1, -0.05) is 0 Å². The van der Waals surface area contributed by atoms with E-state index in [1.165, 1.54) is 38.2 Å². The summed E-state index contributed by atoms with van der Waals surface area (Å²) in [6.07, 6.45) is 8.53. The minimum atomic E-state index is -0.229. The summed E-state index contributed by atoms with van der Waals surface area (Å²) >= 11 is 0. The average molecular weight is 245 g/mol. The molecule has 0 aromatic carbocycles. The van der Waals surface area contributed by atoms with Gasteiger partial charge in [0.25, 0.3) is 5.56 Å². The van der Waals surface area contributed by atoms with Crippen molar-refractivity contribution in [2.45, 2.75) is 38.1 Å². The van der Waals surface area contributed by atoms with E-state index in [4.69, 9.17) is 5.73 Å². The molecular formula is C14H19N3O. The summed E-state index contributed by atoms with van der Waals surface area (Å²) < 4.78 is 2.08. The molecule has 5 rings (SSSR count). The maximum atomic E-state index is 11.2. The third-order valence-corrected chi connectivity index (χ3v) is 5.38. The Morgan fingerprint density at radius 2 is 1.72 bits per heavy atom. The van der Waals surface area contributed by atoms with Gasteiger partial charge in [0.15, 0.2) is 0 Å². The normalized spacial score (nSPS) is 41.2. The second kappa shape index (κ2) is 3.59. The van der Waals surface area contributed by atoms with Crippen LogP contribution in [0.2, 0.25) is 0 Å². The monoisotopic (exact) mass is 245 g/mol. The van der Waals surface area contributed by atoms with E-state index in [2.05, 4.69) is 9.55 Å². The largest absolute Gasteiger partial charge is 0.385 e. The van der Waals surface area contributed by atoms with Gasteiger partial charge in [-0.3, -0.25) is 4.79 Å². The molecule has 18 heavy (non-hydrogen) atoms. The van der Waals surface area contributed by atoms with E-state index in [0.717, 1.165) is 23.7 Å². The smallest absolute Gasteiger partial charge is 0.274 e. The molecule has 0 spiro atoms. The fourth-order valence-electron chi connectivity index (χ4n) is 5.02. The lowest BCUT2D eigenvalue weighted by Crippen LogP contribution is -2.46. The van der Waals surface area contributed by atoms with Crippen LogP contribution < -0.4 is 11.3 Å². The van der Waals surface area contributed by atoms with E-state index >= 15 is 0 Å². The molecule has 1 aromatic rings. The highest BCUT2D eigenvalue weighted by molar-refractivity contribution is 5.28. The number of aromatic nitrogens is 2. The SMILES string of the molecule is Nc1cc(=O)ncn1C1C2CC3CC(C2)CC1C3. The number of nitrogen functional groups attached to an aromatic ring is 1. The molecule has 1 heterocycles. The second-order valence-electron chi connectivity index (χ2n) is 6.48. The Morgan fingerprint density at radius 1 is 1.11 bits per heavy atom. The number of rotatable bonds is 1. The van der Waals surface area contributed by atoms with Crippen molar-refractivity contribution in [1.29, 1.82) is 0 Å². The highest BCUT2D eigenvalue weighted by Gasteiger charge is 2.49. The van der Waals surface area contributed by atoms with E-state index in [9.17, 15) is 4.79 Å². The Hall–Kier alpha value is -1.32. The molecule has 4 nitrogen and oxygen atoms in total. The molecule has 1 aromatic heterocycles. The van der Waals surface area contributed by atoms with Crippen molar-refractivity contribution in [2.75, 3.05) is 5.73 Å². The zero-order valence-electron chi connectivity index (χ0n) is 10.5.